The van der Waals surface area contributed by atoms with Gasteiger partial charge in [0.15, 0.2) is 0 Å². The van der Waals surface area contributed by atoms with Gasteiger partial charge in [0.1, 0.15) is 0 Å². The molecule has 2 N–H and O–H groups in total. The molecule has 2 atom stereocenters. The molecule has 5 nitrogen and oxygen atoms in total. The van der Waals surface area contributed by atoms with Crippen LogP contribution >= 0.6 is 0 Å². The summed E-state index contributed by atoms with van der Waals surface area (Å²) in [6, 6.07) is 6.28. The third kappa shape index (κ3) is 2.18. The van der Waals surface area contributed by atoms with E-state index in [1.807, 2.05) is 4.90 Å². The van der Waals surface area contributed by atoms with Gasteiger partial charge in [-0.05, 0) is 49.9 Å². The predicted octanol–water partition coefficient (Wildman–Crippen LogP) is 1.51. The first kappa shape index (κ1) is 13.1. The second kappa shape index (κ2) is 4.90. The summed E-state index contributed by atoms with van der Waals surface area (Å²) in [5.41, 5.74) is 0.696. The molecule has 1 amide bonds. The number of amides is 1. The molecule has 2 heterocycles. The zero-order chi connectivity index (χ0) is 14.3. The largest absolute Gasteiger partial charge is 0.478 e. The van der Waals surface area contributed by atoms with Crippen LogP contribution in [0.25, 0.3) is 0 Å². The molecule has 106 valence electrons. The molecule has 3 rings (SSSR count). The van der Waals surface area contributed by atoms with Crippen molar-refractivity contribution in [3.63, 3.8) is 0 Å². The van der Waals surface area contributed by atoms with Crippen LogP contribution < -0.4 is 0 Å². The Morgan fingerprint density at radius 1 is 1.00 bits per heavy atom. The van der Waals surface area contributed by atoms with Gasteiger partial charge >= 0.3 is 5.97 Å². The van der Waals surface area contributed by atoms with E-state index in [9.17, 15) is 14.7 Å². The maximum atomic E-state index is 12.5. The Balaban J connectivity index is 1.81. The molecule has 1 aromatic rings. The first-order chi connectivity index (χ1) is 9.56. The van der Waals surface area contributed by atoms with Crippen molar-refractivity contribution in [2.24, 2.45) is 0 Å². The van der Waals surface area contributed by atoms with Crippen molar-refractivity contribution in [1.29, 1.82) is 0 Å². The minimum absolute atomic E-state index is 0.0543. The molecule has 2 aliphatic heterocycles. The number of fused-ring (bicyclic) bond motifs is 2. The molecule has 2 aliphatic rings. The summed E-state index contributed by atoms with van der Waals surface area (Å²) in [6.07, 6.45) is 2.89. The van der Waals surface area contributed by atoms with Crippen LogP contribution in [0.5, 0.6) is 0 Å². The number of piperidine rings is 1. The van der Waals surface area contributed by atoms with E-state index >= 15 is 0 Å². The Morgan fingerprint density at radius 3 is 2.00 bits per heavy atom. The van der Waals surface area contributed by atoms with E-state index in [1.54, 1.807) is 12.1 Å². The van der Waals surface area contributed by atoms with Crippen LogP contribution in [0, 0.1) is 0 Å². The maximum Gasteiger partial charge on any atom is 0.335 e. The standard InChI is InChI=1S/C15H17NO4/c17-13-7-11-5-6-12(8-13)16(11)14(18)9-1-3-10(4-2-9)15(19)20/h1-4,11-13,17H,5-8H2,(H,19,20). The molecule has 2 bridgehead atoms. The number of aliphatic hydroxyl groups is 1. The summed E-state index contributed by atoms with van der Waals surface area (Å²) in [7, 11) is 0. The highest BCUT2D eigenvalue weighted by atomic mass is 16.4. The van der Waals surface area contributed by atoms with E-state index in [0.717, 1.165) is 12.8 Å². The molecule has 2 unspecified atom stereocenters. The molecule has 0 spiro atoms. The highest BCUT2D eigenvalue weighted by molar-refractivity contribution is 5.96. The van der Waals surface area contributed by atoms with Crippen LogP contribution in [0.4, 0.5) is 0 Å². The summed E-state index contributed by atoms with van der Waals surface area (Å²) in [6.45, 7) is 0. The highest BCUT2D eigenvalue weighted by Crippen LogP contribution is 2.36. The minimum atomic E-state index is -0.995. The van der Waals surface area contributed by atoms with Gasteiger partial charge in [-0.15, -0.1) is 0 Å². The van der Waals surface area contributed by atoms with Crippen molar-refractivity contribution in [1.82, 2.24) is 4.90 Å². The third-order valence-electron chi connectivity index (χ3n) is 4.32. The molecule has 2 fully saturated rings. The molecule has 20 heavy (non-hydrogen) atoms. The Kier molecular flexibility index (Phi) is 3.22. The second-order valence-corrected chi connectivity index (χ2v) is 5.61. The summed E-state index contributed by atoms with van der Waals surface area (Å²) >= 11 is 0. The number of rotatable bonds is 2. The lowest BCUT2D eigenvalue weighted by atomic mass is 9.98. The van der Waals surface area contributed by atoms with Gasteiger partial charge in [0, 0.05) is 17.6 Å². The number of carbonyl (C=O) groups is 2. The van der Waals surface area contributed by atoms with E-state index in [0.29, 0.717) is 18.4 Å². The number of hydrogen-bond acceptors (Lipinski definition) is 3. The summed E-state index contributed by atoms with van der Waals surface area (Å²) < 4.78 is 0. The van der Waals surface area contributed by atoms with Crippen molar-refractivity contribution in [3.05, 3.63) is 35.4 Å². The Morgan fingerprint density at radius 2 is 1.50 bits per heavy atom. The highest BCUT2D eigenvalue weighted by Gasteiger charge is 2.42. The first-order valence-electron chi connectivity index (χ1n) is 6.90. The number of carbonyl (C=O) groups excluding carboxylic acids is 1. The fraction of sp³-hybridized carbons (Fsp3) is 0.467. The van der Waals surface area contributed by atoms with E-state index < -0.39 is 5.97 Å². The second-order valence-electron chi connectivity index (χ2n) is 5.61. The molecule has 0 saturated carbocycles. The molecule has 1 aromatic carbocycles. The fourth-order valence-electron chi connectivity index (χ4n) is 3.38. The van der Waals surface area contributed by atoms with Crippen LogP contribution in [0.2, 0.25) is 0 Å². The minimum Gasteiger partial charge on any atom is -0.478 e. The zero-order valence-electron chi connectivity index (χ0n) is 11.0. The van der Waals surface area contributed by atoms with Gasteiger partial charge < -0.3 is 15.1 Å². The SMILES string of the molecule is O=C(O)c1ccc(C(=O)N2C3CCC2CC(O)C3)cc1. The number of aliphatic hydroxyl groups excluding tert-OH is 1. The van der Waals surface area contributed by atoms with Crippen molar-refractivity contribution in [2.45, 2.75) is 43.9 Å². The number of benzene rings is 1. The van der Waals surface area contributed by atoms with Crippen LogP contribution in [-0.4, -0.2) is 45.2 Å². The average molecular weight is 275 g/mol. The van der Waals surface area contributed by atoms with Crippen molar-refractivity contribution in [2.75, 3.05) is 0 Å². The lowest BCUT2D eigenvalue weighted by Gasteiger charge is -2.37. The maximum absolute atomic E-state index is 12.5. The molecular formula is C15H17NO4. The van der Waals surface area contributed by atoms with Crippen molar-refractivity contribution < 1.29 is 19.8 Å². The number of carboxylic acids is 1. The van der Waals surface area contributed by atoms with Gasteiger partial charge in [0.05, 0.1) is 11.7 Å². The molecule has 0 aliphatic carbocycles. The Bertz CT molecular complexity index is 525. The summed E-state index contributed by atoms with van der Waals surface area (Å²) in [5, 5.41) is 18.6. The number of nitrogens with zero attached hydrogens (tertiary/aromatic N) is 1. The van der Waals surface area contributed by atoms with E-state index in [1.165, 1.54) is 12.1 Å². The Hall–Kier alpha value is -1.88. The van der Waals surface area contributed by atoms with Crippen LogP contribution in [0.3, 0.4) is 0 Å². The van der Waals surface area contributed by atoms with Gasteiger partial charge in [0.25, 0.3) is 5.91 Å². The first-order valence-corrected chi connectivity index (χ1v) is 6.90. The number of aromatic carboxylic acids is 1. The van der Waals surface area contributed by atoms with Crippen molar-refractivity contribution in [3.8, 4) is 0 Å². The topological polar surface area (TPSA) is 77.8 Å². The lowest BCUT2D eigenvalue weighted by Crippen LogP contribution is -2.48. The van der Waals surface area contributed by atoms with Gasteiger partial charge in [-0.25, -0.2) is 4.79 Å². The number of carboxylic acid groups (broad SMARTS) is 1. The van der Waals surface area contributed by atoms with Gasteiger partial charge in [0.2, 0.25) is 0 Å². The van der Waals surface area contributed by atoms with Gasteiger partial charge in [-0.3, -0.25) is 4.79 Å². The van der Waals surface area contributed by atoms with E-state index in [-0.39, 0.29) is 29.7 Å². The summed E-state index contributed by atoms with van der Waals surface area (Å²) in [5.74, 6) is -1.05. The molecular weight excluding hydrogens is 258 g/mol. The molecule has 0 aromatic heterocycles. The van der Waals surface area contributed by atoms with Crippen LogP contribution in [-0.2, 0) is 0 Å². The molecule has 2 saturated heterocycles. The van der Waals surface area contributed by atoms with Crippen LogP contribution in [0.15, 0.2) is 24.3 Å². The fourth-order valence-corrected chi connectivity index (χ4v) is 3.38. The predicted molar refractivity (Wildman–Crippen MR) is 71.6 cm³/mol. The Labute approximate surface area is 116 Å². The van der Waals surface area contributed by atoms with E-state index in [2.05, 4.69) is 0 Å². The monoisotopic (exact) mass is 275 g/mol. The quantitative estimate of drug-likeness (QED) is 0.857. The third-order valence-corrected chi connectivity index (χ3v) is 4.32. The molecule has 0 radical (unpaired) electrons. The lowest BCUT2D eigenvalue weighted by molar-refractivity contribution is 0.0286. The van der Waals surface area contributed by atoms with Gasteiger partial charge in [-0.2, -0.15) is 0 Å². The average Bonchev–Trinajstić information content (AvgIpc) is 2.70. The zero-order valence-corrected chi connectivity index (χ0v) is 11.0. The van der Waals surface area contributed by atoms with Crippen LogP contribution in [0.1, 0.15) is 46.4 Å². The smallest absolute Gasteiger partial charge is 0.335 e. The molecule has 5 heteroatoms. The summed E-state index contributed by atoms with van der Waals surface area (Å²) in [4.78, 5) is 25.2. The number of hydrogen-bond donors (Lipinski definition) is 2. The van der Waals surface area contributed by atoms with E-state index in [4.69, 9.17) is 5.11 Å². The van der Waals surface area contributed by atoms with Crippen molar-refractivity contribution >= 4 is 11.9 Å². The van der Waals surface area contributed by atoms with Gasteiger partial charge in [-0.1, -0.05) is 0 Å². The normalized spacial score (nSPS) is 28.4.